The lowest BCUT2D eigenvalue weighted by atomic mass is 10.1. The number of fused-ring (bicyclic) bond motifs is 1. The molecule has 1 N–H and O–H groups in total. The van der Waals surface area contributed by atoms with Crippen molar-refractivity contribution in [3.63, 3.8) is 0 Å². The van der Waals surface area contributed by atoms with E-state index in [1.54, 1.807) is 0 Å². The molecule has 0 bridgehead atoms. The van der Waals surface area contributed by atoms with Crippen molar-refractivity contribution in [1.29, 1.82) is 0 Å². The van der Waals surface area contributed by atoms with Crippen LogP contribution in [0.25, 0.3) is 0 Å². The van der Waals surface area contributed by atoms with Crippen molar-refractivity contribution in [2.45, 2.75) is 6.18 Å². The zero-order valence-corrected chi connectivity index (χ0v) is 19.5. The van der Waals surface area contributed by atoms with Crippen LogP contribution < -0.4 is 10.2 Å². The summed E-state index contributed by atoms with van der Waals surface area (Å²) in [5, 5.41) is 1.28. The Bertz CT molecular complexity index is 1350. The van der Waals surface area contributed by atoms with E-state index in [9.17, 15) is 27.6 Å². The maximum Gasteiger partial charge on any atom is 0.418 e. The van der Waals surface area contributed by atoms with Crippen molar-refractivity contribution >= 4 is 75.5 Å². The van der Waals surface area contributed by atoms with Gasteiger partial charge in [-0.3, -0.25) is 14.4 Å². The Kier molecular flexibility index (Phi) is 6.29. The quantitative estimate of drug-likeness (QED) is 0.211. The smallest absolute Gasteiger partial charge is 0.321 e. The number of alkyl halides is 3. The minimum Gasteiger partial charge on any atom is -0.321 e. The highest BCUT2D eigenvalue weighted by Gasteiger charge is 2.42. The molecular formula is C22H9Cl4F3N2O3. The van der Waals surface area contributed by atoms with Gasteiger partial charge in [-0.2, -0.15) is 13.2 Å². The van der Waals surface area contributed by atoms with Gasteiger partial charge in [0.2, 0.25) is 0 Å². The molecule has 4 rings (SSSR count). The van der Waals surface area contributed by atoms with E-state index < -0.39 is 35.1 Å². The van der Waals surface area contributed by atoms with Crippen LogP contribution in [0, 0.1) is 0 Å². The zero-order valence-electron chi connectivity index (χ0n) is 16.4. The van der Waals surface area contributed by atoms with Crippen molar-refractivity contribution in [3.05, 3.63) is 90.9 Å². The molecule has 3 amide bonds. The number of rotatable bonds is 3. The number of halogens is 7. The summed E-state index contributed by atoms with van der Waals surface area (Å²) >= 11 is 24.2. The van der Waals surface area contributed by atoms with E-state index in [1.165, 1.54) is 30.3 Å². The first kappa shape index (κ1) is 24.3. The van der Waals surface area contributed by atoms with E-state index in [1.807, 2.05) is 0 Å². The van der Waals surface area contributed by atoms with E-state index in [2.05, 4.69) is 5.32 Å². The lowest BCUT2D eigenvalue weighted by molar-refractivity contribution is -0.136. The number of hydrogen-bond donors (Lipinski definition) is 1. The van der Waals surface area contributed by atoms with Gasteiger partial charge in [0.25, 0.3) is 17.7 Å². The molecule has 0 aliphatic carbocycles. The summed E-state index contributed by atoms with van der Waals surface area (Å²) in [5.41, 5.74) is -2.13. The van der Waals surface area contributed by atoms with E-state index >= 15 is 0 Å². The molecule has 1 aliphatic rings. The summed E-state index contributed by atoms with van der Waals surface area (Å²) in [7, 11) is 0. The number of nitrogens with zero attached hydrogens (tertiary/aromatic N) is 1. The van der Waals surface area contributed by atoms with Crippen molar-refractivity contribution < 1.29 is 27.6 Å². The lowest BCUT2D eigenvalue weighted by Gasteiger charge is -2.16. The van der Waals surface area contributed by atoms with Crippen LogP contribution in [0.2, 0.25) is 20.1 Å². The summed E-state index contributed by atoms with van der Waals surface area (Å²) in [6.45, 7) is 0. The predicted octanol–water partition coefficient (Wildman–Crippen LogP) is 7.37. The third-order valence-corrected chi connectivity index (χ3v) is 6.75. The first-order valence-electron chi connectivity index (χ1n) is 9.25. The molecule has 1 heterocycles. The van der Waals surface area contributed by atoms with Crippen molar-refractivity contribution in [2.75, 3.05) is 10.2 Å². The van der Waals surface area contributed by atoms with Crippen LogP contribution in [0.5, 0.6) is 0 Å². The molecule has 3 aromatic rings. The van der Waals surface area contributed by atoms with E-state index in [0.29, 0.717) is 0 Å². The van der Waals surface area contributed by atoms with Gasteiger partial charge in [-0.15, -0.1) is 0 Å². The standard InChI is InChI=1S/C22H9Cl4F3N2O3/c23-15-13-14(16(24)18(26)17(15)25)21(34)31(20(13)33)10-5-3-4-9(8-10)19(32)30-12-7-2-1-6-11(12)22(27,28)29/h1-8H,(H,30,32). The fraction of sp³-hybridized carbons (Fsp3) is 0.0455. The number of amides is 3. The van der Waals surface area contributed by atoms with Crippen LogP contribution in [0.15, 0.2) is 48.5 Å². The van der Waals surface area contributed by atoms with Gasteiger partial charge in [-0.05, 0) is 30.3 Å². The van der Waals surface area contributed by atoms with Gasteiger partial charge in [0.1, 0.15) is 0 Å². The highest BCUT2D eigenvalue weighted by Crippen LogP contribution is 2.45. The normalized spacial score (nSPS) is 13.3. The molecule has 0 aromatic heterocycles. The van der Waals surface area contributed by atoms with Crippen LogP contribution in [0.4, 0.5) is 24.5 Å². The van der Waals surface area contributed by atoms with E-state index in [0.717, 1.165) is 23.1 Å². The molecular weight excluding hydrogens is 539 g/mol. The number of anilines is 2. The van der Waals surface area contributed by atoms with Crippen molar-refractivity contribution in [2.24, 2.45) is 0 Å². The summed E-state index contributed by atoms with van der Waals surface area (Å²) in [4.78, 5) is 39.4. The SMILES string of the molecule is O=C(Nc1ccccc1C(F)(F)F)c1cccc(N2C(=O)c3c(Cl)c(Cl)c(Cl)c(Cl)c3C2=O)c1. The summed E-state index contributed by atoms with van der Waals surface area (Å²) in [6.07, 6.45) is -4.69. The molecule has 0 fully saturated rings. The Labute approximate surface area is 210 Å². The average molecular weight is 548 g/mol. The maximum atomic E-state index is 13.2. The third kappa shape index (κ3) is 4.01. The Balaban J connectivity index is 1.70. The fourth-order valence-corrected chi connectivity index (χ4v) is 4.42. The summed E-state index contributed by atoms with van der Waals surface area (Å²) in [5.74, 6) is -2.60. The highest BCUT2D eigenvalue weighted by molar-refractivity contribution is 6.56. The largest absolute Gasteiger partial charge is 0.418 e. The minimum atomic E-state index is -4.69. The van der Waals surface area contributed by atoms with Crippen molar-refractivity contribution in [1.82, 2.24) is 0 Å². The van der Waals surface area contributed by atoms with Gasteiger partial charge in [-0.1, -0.05) is 64.6 Å². The van der Waals surface area contributed by atoms with E-state index in [-0.39, 0.29) is 42.5 Å². The molecule has 0 atom stereocenters. The van der Waals surface area contributed by atoms with Gasteiger partial charge in [0, 0.05) is 5.56 Å². The summed E-state index contributed by atoms with van der Waals surface area (Å²) < 4.78 is 39.7. The maximum absolute atomic E-state index is 13.2. The molecule has 0 saturated carbocycles. The lowest BCUT2D eigenvalue weighted by Crippen LogP contribution is -2.29. The Morgan fingerprint density at radius 2 is 1.35 bits per heavy atom. The van der Waals surface area contributed by atoms with Crippen molar-refractivity contribution in [3.8, 4) is 0 Å². The molecule has 0 unspecified atom stereocenters. The van der Waals surface area contributed by atoms with Crippen LogP contribution in [0.3, 0.4) is 0 Å². The third-order valence-electron chi connectivity index (χ3n) is 4.95. The van der Waals surface area contributed by atoms with Crippen LogP contribution >= 0.6 is 46.4 Å². The topological polar surface area (TPSA) is 66.5 Å². The molecule has 1 aliphatic heterocycles. The molecule has 0 saturated heterocycles. The predicted molar refractivity (Wildman–Crippen MR) is 123 cm³/mol. The average Bonchev–Trinajstić information content (AvgIpc) is 3.06. The van der Waals surface area contributed by atoms with Gasteiger partial charge in [0.15, 0.2) is 0 Å². The first-order valence-corrected chi connectivity index (χ1v) is 10.8. The molecule has 34 heavy (non-hydrogen) atoms. The number of hydrogen-bond acceptors (Lipinski definition) is 3. The first-order chi connectivity index (χ1) is 15.9. The summed E-state index contributed by atoms with van der Waals surface area (Å²) in [6, 6.07) is 9.64. The molecule has 3 aromatic carbocycles. The number of nitrogens with one attached hydrogen (secondary N) is 1. The molecule has 12 heteroatoms. The molecule has 174 valence electrons. The Morgan fingerprint density at radius 1 is 0.794 bits per heavy atom. The molecule has 0 spiro atoms. The van der Waals surface area contributed by atoms with Crippen LogP contribution in [0.1, 0.15) is 36.6 Å². The number of benzene rings is 3. The Hall–Kier alpha value is -2.78. The van der Waals surface area contributed by atoms with Gasteiger partial charge >= 0.3 is 6.18 Å². The van der Waals surface area contributed by atoms with Crippen LogP contribution in [-0.4, -0.2) is 17.7 Å². The molecule has 5 nitrogen and oxygen atoms in total. The molecule has 0 radical (unpaired) electrons. The van der Waals surface area contributed by atoms with E-state index in [4.69, 9.17) is 46.4 Å². The van der Waals surface area contributed by atoms with Gasteiger partial charge in [0.05, 0.1) is 48.2 Å². The monoisotopic (exact) mass is 546 g/mol. The van der Waals surface area contributed by atoms with Gasteiger partial charge in [-0.25, -0.2) is 4.90 Å². The van der Waals surface area contributed by atoms with Crippen LogP contribution in [-0.2, 0) is 6.18 Å². The number of carbonyl (C=O) groups is 3. The number of imide groups is 1. The minimum absolute atomic E-state index is 0.0395. The van der Waals surface area contributed by atoms with Gasteiger partial charge < -0.3 is 5.32 Å². The Morgan fingerprint density at radius 3 is 1.91 bits per heavy atom. The number of carbonyl (C=O) groups excluding carboxylic acids is 3. The number of para-hydroxylation sites is 1. The highest BCUT2D eigenvalue weighted by atomic mass is 35.5. The second-order valence-corrected chi connectivity index (χ2v) is 8.51. The second-order valence-electron chi connectivity index (χ2n) is 7.00. The fourth-order valence-electron chi connectivity index (χ4n) is 3.40. The second kappa shape index (κ2) is 8.78. The zero-order chi connectivity index (χ0) is 24.9.